The largest absolute Gasteiger partial charge is 0.381 e. The second kappa shape index (κ2) is 6.84. The van der Waals surface area contributed by atoms with E-state index in [0.717, 1.165) is 38.3 Å². The summed E-state index contributed by atoms with van der Waals surface area (Å²) in [7, 11) is 0. The second-order valence-corrected chi connectivity index (χ2v) is 4.02. The molecule has 0 saturated carbocycles. The maximum atomic E-state index is 5.32. The SMILES string of the molecule is Cc1ncccc1CNC1CCOCC1.Cl. The minimum absolute atomic E-state index is 0. The molecular weight excluding hydrogens is 224 g/mol. The van der Waals surface area contributed by atoms with Crippen LogP contribution in [0.15, 0.2) is 18.3 Å². The molecule has 1 aliphatic heterocycles. The van der Waals surface area contributed by atoms with Gasteiger partial charge in [0, 0.05) is 37.7 Å². The molecule has 0 spiro atoms. The highest BCUT2D eigenvalue weighted by molar-refractivity contribution is 5.85. The maximum absolute atomic E-state index is 5.32. The normalized spacial score (nSPS) is 16.8. The minimum atomic E-state index is 0. The zero-order chi connectivity index (χ0) is 10.5. The van der Waals surface area contributed by atoms with Crippen molar-refractivity contribution < 1.29 is 4.74 Å². The lowest BCUT2D eigenvalue weighted by molar-refractivity contribution is 0.0776. The van der Waals surface area contributed by atoms with Crippen LogP contribution in [-0.2, 0) is 11.3 Å². The van der Waals surface area contributed by atoms with Crippen LogP contribution in [-0.4, -0.2) is 24.2 Å². The van der Waals surface area contributed by atoms with Crippen molar-refractivity contribution in [2.24, 2.45) is 0 Å². The van der Waals surface area contributed by atoms with Crippen LogP contribution < -0.4 is 5.32 Å². The van der Waals surface area contributed by atoms with E-state index in [2.05, 4.69) is 23.3 Å². The third-order valence-electron chi connectivity index (χ3n) is 2.92. The predicted octanol–water partition coefficient (Wildman–Crippen LogP) is 2.08. The Kier molecular flexibility index (Phi) is 5.74. The van der Waals surface area contributed by atoms with Gasteiger partial charge in [-0.05, 0) is 31.4 Å². The van der Waals surface area contributed by atoms with Crippen LogP contribution in [0.5, 0.6) is 0 Å². The van der Waals surface area contributed by atoms with Gasteiger partial charge in [0.05, 0.1) is 0 Å². The first-order chi connectivity index (χ1) is 7.36. The number of hydrogen-bond donors (Lipinski definition) is 1. The zero-order valence-electron chi connectivity index (χ0n) is 9.61. The highest BCUT2D eigenvalue weighted by Gasteiger charge is 2.12. The average Bonchev–Trinajstić information content (AvgIpc) is 2.29. The van der Waals surface area contributed by atoms with Crippen LogP contribution in [0.4, 0.5) is 0 Å². The van der Waals surface area contributed by atoms with E-state index in [1.54, 1.807) is 0 Å². The predicted molar refractivity (Wildman–Crippen MR) is 66.9 cm³/mol. The van der Waals surface area contributed by atoms with Gasteiger partial charge in [-0.1, -0.05) is 6.07 Å². The van der Waals surface area contributed by atoms with Crippen LogP contribution in [0.2, 0.25) is 0 Å². The fourth-order valence-corrected chi connectivity index (χ4v) is 1.86. The molecule has 0 aliphatic carbocycles. The van der Waals surface area contributed by atoms with Crippen molar-refractivity contribution in [1.29, 1.82) is 0 Å². The smallest absolute Gasteiger partial charge is 0.0480 e. The summed E-state index contributed by atoms with van der Waals surface area (Å²) in [6, 6.07) is 4.74. The molecule has 0 unspecified atom stereocenters. The second-order valence-electron chi connectivity index (χ2n) is 4.02. The van der Waals surface area contributed by atoms with E-state index in [-0.39, 0.29) is 12.4 Å². The van der Waals surface area contributed by atoms with Crippen LogP contribution in [0.1, 0.15) is 24.1 Å². The summed E-state index contributed by atoms with van der Waals surface area (Å²) in [5.74, 6) is 0. The molecule has 0 bridgehead atoms. The first-order valence-electron chi connectivity index (χ1n) is 5.58. The van der Waals surface area contributed by atoms with E-state index < -0.39 is 0 Å². The minimum Gasteiger partial charge on any atom is -0.381 e. The van der Waals surface area contributed by atoms with Gasteiger partial charge in [-0.25, -0.2) is 0 Å². The Balaban J connectivity index is 0.00000128. The summed E-state index contributed by atoms with van der Waals surface area (Å²) in [6.45, 7) is 4.76. The van der Waals surface area contributed by atoms with E-state index in [4.69, 9.17) is 4.74 Å². The highest BCUT2D eigenvalue weighted by atomic mass is 35.5. The lowest BCUT2D eigenvalue weighted by Crippen LogP contribution is -2.34. The lowest BCUT2D eigenvalue weighted by Gasteiger charge is -2.23. The third-order valence-corrected chi connectivity index (χ3v) is 2.92. The van der Waals surface area contributed by atoms with Gasteiger partial charge in [0.2, 0.25) is 0 Å². The number of halogens is 1. The van der Waals surface area contributed by atoms with Crippen LogP contribution >= 0.6 is 12.4 Å². The highest BCUT2D eigenvalue weighted by Crippen LogP contribution is 2.09. The quantitative estimate of drug-likeness (QED) is 0.881. The number of pyridine rings is 1. The fraction of sp³-hybridized carbons (Fsp3) is 0.583. The number of rotatable bonds is 3. The Bertz CT molecular complexity index is 314. The van der Waals surface area contributed by atoms with Crippen LogP contribution in [0.25, 0.3) is 0 Å². The molecule has 1 aliphatic rings. The van der Waals surface area contributed by atoms with Gasteiger partial charge in [-0.15, -0.1) is 12.4 Å². The van der Waals surface area contributed by atoms with E-state index in [1.807, 2.05) is 12.3 Å². The van der Waals surface area contributed by atoms with Crippen LogP contribution in [0.3, 0.4) is 0 Å². The molecule has 2 rings (SSSR count). The number of aryl methyl sites for hydroxylation is 1. The van der Waals surface area contributed by atoms with Crippen molar-refractivity contribution in [3.8, 4) is 0 Å². The number of hydrogen-bond acceptors (Lipinski definition) is 3. The monoisotopic (exact) mass is 242 g/mol. The van der Waals surface area contributed by atoms with Crippen molar-refractivity contribution in [1.82, 2.24) is 10.3 Å². The molecule has 90 valence electrons. The number of ether oxygens (including phenoxy) is 1. The van der Waals surface area contributed by atoms with E-state index >= 15 is 0 Å². The van der Waals surface area contributed by atoms with Crippen molar-refractivity contribution >= 4 is 12.4 Å². The Morgan fingerprint density at radius 2 is 2.19 bits per heavy atom. The van der Waals surface area contributed by atoms with E-state index in [1.165, 1.54) is 5.56 Å². The topological polar surface area (TPSA) is 34.2 Å². The number of nitrogens with one attached hydrogen (secondary N) is 1. The van der Waals surface area contributed by atoms with Gasteiger partial charge >= 0.3 is 0 Å². The molecule has 0 aromatic carbocycles. The summed E-state index contributed by atoms with van der Waals surface area (Å²) in [5, 5.41) is 3.56. The van der Waals surface area contributed by atoms with Gasteiger partial charge in [0.15, 0.2) is 0 Å². The summed E-state index contributed by atoms with van der Waals surface area (Å²) in [6.07, 6.45) is 4.09. The third kappa shape index (κ3) is 3.74. The van der Waals surface area contributed by atoms with E-state index in [9.17, 15) is 0 Å². The number of nitrogens with zero attached hydrogens (tertiary/aromatic N) is 1. The van der Waals surface area contributed by atoms with E-state index in [0.29, 0.717) is 6.04 Å². The summed E-state index contributed by atoms with van der Waals surface area (Å²) < 4.78 is 5.32. The summed E-state index contributed by atoms with van der Waals surface area (Å²) >= 11 is 0. The summed E-state index contributed by atoms with van der Waals surface area (Å²) in [5.41, 5.74) is 2.42. The van der Waals surface area contributed by atoms with Gasteiger partial charge in [-0.3, -0.25) is 4.98 Å². The molecule has 0 atom stereocenters. The molecule has 3 nitrogen and oxygen atoms in total. The molecule has 0 radical (unpaired) electrons. The molecule has 1 N–H and O–H groups in total. The molecule has 1 aromatic rings. The van der Waals surface area contributed by atoms with Gasteiger partial charge in [0.25, 0.3) is 0 Å². The Morgan fingerprint density at radius 3 is 2.88 bits per heavy atom. The molecule has 4 heteroatoms. The molecular formula is C12H19ClN2O. The lowest BCUT2D eigenvalue weighted by atomic mass is 10.1. The zero-order valence-corrected chi connectivity index (χ0v) is 10.4. The first-order valence-corrected chi connectivity index (χ1v) is 5.58. The Labute approximate surface area is 103 Å². The Morgan fingerprint density at radius 1 is 1.44 bits per heavy atom. The van der Waals surface area contributed by atoms with Crippen LogP contribution in [0, 0.1) is 6.92 Å². The van der Waals surface area contributed by atoms with Gasteiger partial charge < -0.3 is 10.1 Å². The van der Waals surface area contributed by atoms with Crippen molar-refractivity contribution in [2.45, 2.75) is 32.4 Å². The Hall–Kier alpha value is -0.640. The van der Waals surface area contributed by atoms with Crippen molar-refractivity contribution in [2.75, 3.05) is 13.2 Å². The first kappa shape index (κ1) is 13.4. The molecule has 0 amide bonds. The van der Waals surface area contributed by atoms with Crippen molar-refractivity contribution in [3.63, 3.8) is 0 Å². The molecule has 1 saturated heterocycles. The molecule has 1 fully saturated rings. The maximum Gasteiger partial charge on any atom is 0.0480 e. The van der Waals surface area contributed by atoms with Gasteiger partial charge in [0.1, 0.15) is 0 Å². The molecule has 16 heavy (non-hydrogen) atoms. The molecule has 1 aromatic heterocycles. The van der Waals surface area contributed by atoms with Crippen molar-refractivity contribution in [3.05, 3.63) is 29.6 Å². The fourth-order valence-electron chi connectivity index (χ4n) is 1.86. The standard InChI is InChI=1S/C12H18N2O.ClH/c1-10-11(3-2-6-13-10)9-14-12-4-7-15-8-5-12;/h2-3,6,12,14H,4-5,7-9H2,1H3;1H. The molecule has 2 heterocycles. The summed E-state index contributed by atoms with van der Waals surface area (Å²) in [4.78, 5) is 4.28. The number of aromatic nitrogens is 1. The van der Waals surface area contributed by atoms with Gasteiger partial charge in [-0.2, -0.15) is 0 Å². The average molecular weight is 243 g/mol.